The van der Waals surface area contributed by atoms with Crippen molar-refractivity contribution in [3.8, 4) is 0 Å². The van der Waals surface area contributed by atoms with Crippen LogP contribution in [0.3, 0.4) is 0 Å². The highest BCUT2D eigenvalue weighted by Gasteiger charge is 2.24. The topological polar surface area (TPSA) is 26.0 Å². The Bertz CT molecular complexity index is 303. The summed E-state index contributed by atoms with van der Waals surface area (Å²) < 4.78 is 1.06. The van der Waals surface area contributed by atoms with Gasteiger partial charge >= 0.3 is 0 Å². The zero-order valence-corrected chi connectivity index (χ0v) is 10.8. The molecule has 0 spiro atoms. The maximum absolute atomic E-state index is 6.18. The van der Waals surface area contributed by atoms with Crippen molar-refractivity contribution in [1.82, 2.24) is 0 Å². The van der Waals surface area contributed by atoms with E-state index in [0.29, 0.717) is 6.54 Å². The third kappa shape index (κ3) is 2.50. The van der Waals surface area contributed by atoms with E-state index in [1.165, 1.54) is 0 Å². The van der Waals surface area contributed by atoms with Gasteiger partial charge in [-0.2, -0.15) is 0 Å². The normalized spacial score (nSPS) is 11.8. The Kier molecular flexibility index (Phi) is 3.99. The average molecular weight is 277 g/mol. The van der Waals surface area contributed by atoms with Crippen molar-refractivity contribution in [3.05, 3.63) is 33.3 Å². The minimum atomic E-state index is 0.0198. The molecular formula is C11H15BrClN. The second-order valence-electron chi connectivity index (χ2n) is 4.02. The van der Waals surface area contributed by atoms with Crippen LogP contribution in [-0.4, -0.2) is 6.54 Å². The van der Waals surface area contributed by atoms with Crippen LogP contribution in [0, 0.1) is 0 Å². The molecule has 0 fully saturated rings. The minimum Gasteiger partial charge on any atom is -0.330 e. The van der Waals surface area contributed by atoms with Crippen molar-refractivity contribution in [2.75, 3.05) is 6.54 Å². The molecule has 0 unspecified atom stereocenters. The molecule has 2 N–H and O–H groups in total. The number of nitrogens with two attached hydrogens (primary N) is 1. The van der Waals surface area contributed by atoms with Crippen molar-refractivity contribution in [2.45, 2.75) is 25.7 Å². The zero-order chi connectivity index (χ0) is 10.8. The molecule has 1 nitrogen and oxygen atoms in total. The molecule has 78 valence electrons. The summed E-state index contributed by atoms with van der Waals surface area (Å²) in [6, 6.07) is 5.87. The Hall–Kier alpha value is -0.0500. The highest BCUT2D eigenvalue weighted by atomic mass is 79.9. The number of rotatable bonds is 3. The van der Waals surface area contributed by atoms with Crippen molar-refractivity contribution < 1.29 is 0 Å². The molecule has 1 rings (SSSR count). The van der Waals surface area contributed by atoms with Gasteiger partial charge in [-0.1, -0.05) is 47.4 Å². The van der Waals surface area contributed by atoms with Gasteiger partial charge in [-0.15, -0.1) is 0 Å². The third-order valence-corrected chi connectivity index (χ3v) is 3.38. The van der Waals surface area contributed by atoms with E-state index in [0.717, 1.165) is 21.5 Å². The first-order chi connectivity index (χ1) is 6.49. The first-order valence-electron chi connectivity index (χ1n) is 4.63. The van der Waals surface area contributed by atoms with Crippen LogP contribution in [0.2, 0.25) is 5.02 Å². The van der Waals surface area contributed by atoms with Gasteiger partial charge in [-0.05, 0) is 36.1 Å². The number of benzene rings is 1. The molecule has 0 atom stereocenters. The summed E-state index contributed by atoms with van der Waals surface area (Å²) >= 11 is 9.71. The molecule has 0 saturated heterocycles. The minimum absolute atomic E-state index is 0.0198. The van der Waals surface area contributed by atoms with Crippen LogP contribution >= 0.6 is 27.5 Å². The highest BCUT2D eigenvalue weighted by Crippen LogP contribution is 2.37. The average Bonchev–Trinajstić information content (AvgIpc) is 2.02. The fraction of sp³-hybridized carbons (Fsp3) is 0.455. The van der Waals surface area contributed by atoms with E-state index in [-0.39, 0.29) is 5.41 Å². The molecular weight excluding hydrogens is 261 g/mol. The summed E-state index contributed by atoms with van der Waals surface area (Å²) in [6.07, 6.45) is 0.926. The Balaban J connectivity index is 3.17. The van der Waals surface area contributed by atoms with Gasteiger partial charge in [0.05, 0.1) is 0 Å². The first kappa shape index (κ1) is 12.0. The summed E-state index contributed by atoms with van der Waals surface area (Å²) in [6.45, 7) is 4.99. The summed E-state index contributed by atoms with van der Waals surface area (Å²) in [7, 11) is 0. The molecule has 0 aliphatic carbocycles. The van der Waals surface area contributed by atoms with Gasteiger partial charge in [0.15, 0.2) is 0 Å². The molecule has 0 bridgehead atoms. The van der Waals surface area contributed by atoms with Gasteiger partial charge in [0.1, 0.15) is 0 Å². The maximum Gasteiger partial charge on any atom is 0.0454 e. The second-order valence-corrected chi connectivity index (χ2v) is 5.28. The summed E-state index contributed by atoms with van der Waals surface area (Å²) in [4.78, 5) is 0. The van der Waals surface area contributed by atoms with Crippen molar-refractivity contribution >= 4 is 27.5 Å². The summed E-state index contributed by atoms with van der Waals surface area (Å²) in [5, 5.41) is 0.804. The fourth-order valence-electron chi connectivity index (χ4n) is 1.63. The Morgan fingerprint density at radius 3 is 2.57 bits per heavy atom. The SMILES string of the molecule is CC(C)(CCN)c1c(Cl)cccc1Br. The fourth-order valence-corrected chi connectivity index (χ4v) is 3.08. The van der Waals surface area contributed by atoms with E-state index in [1.807, 2.05) is 18.2 Å². The van der Waals surface area contributed by atoms with Crippen LogP contribution in [0.5, 0.6) is 0 Å². The lowest BCUT2D eigenvalue weighted by atomic mass is 9.81. The number of hydrogen-bond acceptors (Lipinski definition) is 1. The second kappa shape index (κ2) is 4.65. The molecule has 14 heavy (non-hydrogen) atoms. The third-order valence-electron chi connectivity index (χ3n) is 2.41. The summed E-state index contributed by atoms with van der Waals surface area (Å²) in [5.41, 5.74) is 6.76. The molecule has 3 heteroatoms. The quantitative estimate of drug-likeness (QED) is 0.894. The van der Waals surface area contributed by atoms with Crippen LogP contribution < -0.4 is 5.73 Å². The molecule has 1 aromatic rings. The van der Waals surface area contributed by atoms with E-state index in [4.69, 9.17) is 17.3 Å². The predicted molar refractivity (Wildman–Crippen MR) is 65.8 cm³/mol. The van der Waals surface area contributed by atoms with Crippen LogP contribution in [-0.2, 0) is 5.41 Å². The molecule has 1 aromatic carbocycles. The zero-order valence-electron chi connectivity index (χ0n) is 8.48. The van der Waals surface area contributed by atoms with Crippen molar-refractivity contribution in [2.24, 2.45) is 5.73 Å². The Morgan fingerprint density at radius 2 is 2.07 bits per heavy atom. The van der Waals surface area contributed by atoms with Crippen LogP contribution in [0.4, 0.5) is 0 Å². The van der Waals surface area contributed by atoms with E-state index in [1.54, 1.807) is 0 Å². The van der Waals surface area contributed by atoms with Crippen molar-refractivity contribution in [1.29, 1.82) is 0 Å². The standard InChI is InChI=1S/C11H15BrClN/c1-11(2,6-7-14)10-8(12)4-3-5-9(10)13/h3-5H,6-7,14H2,1-2H3. The lowest BCUT2D eigenvalue weighted by molar-refractivity contribution is 0.486. The molecule has 0 saturated carbocycles. The van der Waals surface area contributed by atoms with Gasteiger partial charge in [0, 0.05) is 9.50 Å². The Morgan fingerprint density at radius 1 is 1.43 bits per heavy atom. The molecule has 0 amide bonds. The van der Waals surface area contributed by atoms with Gasteiger partial charge in [0.25, 0.3) is 0 Å². The lowest BCUT2D eigenvalue weighted by Crippen LogP contribution is -2.22. The van der Waals surface area contributed by atoms with Gasteiger partial charge in [-0.25, -0.2) is 0 Å². The summed E-state index contributed by atoms with van der Waals surface area (Å²) in [5.74, 6) is 0. The largest absolute Gasteiger partial charge is 0.330 e. The van der Waals surface area contributed by atoms with Crippen molar-refractivity contribution in [3.63, 3.8) is 0 Å². The molecule has 0 aliphatic heterocycles. The lowest BCUT2D eigenvalue weighted by Gasteiger charge is -2.26. The van der Waals surface area contributed by atoms with E-state index >= 15 is 0 Å². The van der Waals surface area contributed by atoms with E-state index in [9.17, 15) is 0 Å². The number of halogens is 2. The monoisotopic (exact) mass is 275 g/mol. The maximum atomic E-state index is 6.18. The van der Waals surface area contributed by atoms with E-state index in [2.05, 4.69) is 29.8 Å². The molecule has 0 aliphatic rings. The molecule has 0 aromatic heterocycles. The Labute approximate surface area is 98.8 Å². The van der Waals surface area contributed by atoms with Gasteiger partial charge in [0.2, 0.25) is 0 Å². The van der Waals surface area contributed by atoms with Crippen LogP contribution in [0.1, 0.15) is 25.8 Å². The number of hydrogen-bond donors (Lipinski definition) is 1. The molecule has 0 radical (unpaired) electrons. The molecule has 0 heterocycles. The van der Waals surface area contributed by atoms with E-state index < -0.39 is 0 Å². The van der Waals surface area contributed by atoms with Gasteiger partial charge < -0.3 is 5.73 Å². The van der Waals surface area contributed by atoms with Gasteiger partial charge in [-0.3, -0.25) is 0 Å². The predicted octanol–water partition coefficient (Wildman–Crippen LogP) is 3.73. The van der Waals surface area contributed by atoms with Crippen LogP contribution in [0.25, 0.3) is 0 Å². The van der Waals surface area contributed by atoms with Crippen LogP contribution in [0.15, 0.2) is 22.7 Å². The smallest absolute Gasteiger partial charge is 0.0454 e. The first-order valence-corrected chi connectivity index (χ1v) is 5.80. The highest BCUT2D eigenvalue weighted by molar-refractivity contribution is 9.10.